The molecule has 3 amide bonds. The number of hydrogen-bond acceptors (Lipinski definition) is 11. The van der Waals surface area contributed by atoms with Crippen molar-refractivity contribution >= 4 is 61.9 Å². The van der Waals surface area contributed by atoms with Crippen molar-refractivity contribution in [2.75, 3.05) is 27.9 Å². The van der Waals surface area contributed by atoms with Gasteiger partial charge in [-0.1, -0.05) is 43.3 Å². The molecule has 14 nitrogen and oxygen atoms in total. The third-order valence-electron chi connectivity index (χ3n) is 8.17. The van der Waals surface area contributed by atoms with Gasteiger partial charge in [0, 0.05) is 23.2 Å². The van der Waals surface area contributed by atoms with Gasteiger partial charge in [-0.2, -0.15) is 10.2 Å². The van der Waals surface area contributed by atoms with E-state index >= 15 is 0 Å². The van der Waals surface area contributed by atoms with E-state index in [9.17, 15) is 38.0 Å². The monoisotopic (exact) mass is 786 g/mol. The van der Waals surface area contributed by atoms with Crippen molar-refractivity contribution in [1.29, 1.82) is 5.26 Å². The van der Waals surface area contributed by atoms with Crippen molar-refractivity contribution in [2.45, 2.75) is 84.0 Å². The number of imide groups is 1. The Morgan fingerprint density at radius 1 is 0.875 bits per heavy atom. The minimum Gasteiger partial charge on any atom is -0.479 e. The van der Waals surface area contributed by atoms with E-state index in [0.29, 0.717) is 28.4 Å². The summed E-state index contributed by atoms with van der Waals surface area (Å²) in [6.07, 6.45) is -2.30. The van der Waals surface area contributed by atoms with Gasteiger partial charge in [0.25, 0.3) is 0 Å². The fraction of sp³-hybridized carbons (Fsp3) is 0.341. The number of benzene rings is 4. The van der Waals surface area contributed by atoms with Crippen LogP contribution < -0.4 is 15.5 Å². The summed E-state index contributed by atoms with van der Waals surface area (Å²) in [5.41, 5.74) is 1.05. The van der Waals surface area contributed by atoms with E-state index in [0.717, 1.165) is 16.0 Å². The number of nitrogens with one attached hydrogen (secondary N) is 2. The van der Waals surface area contributed by atoms with Crippen LogP contribution in [0.25, 0.3) is 10.8 Å². The van der Waals surface area contributed by atoms with Crippen LogP contribution in [0.15, 0.2) is 77.7 Å². The first-order valence-corrected chi connectivity index (χ1v) is 19.4. The van der Waals surface area contributed by atoms with E-state index in [4.69, 9.17) is 14.2 Å². The molecule has 56 heavy (non-hydrogen) atoms. The molecule has 296 valence electrons. The van der Waals surface area contributed by atoms with E-state index in [1.54, 1.807) is 96.1 Å². The van der Waals surface area contributed by atoms with E-state index in [1.165, 1.54) is 25.1 Å². The largest absolute Gasteiger partial charge is 0.479 e. The number of fused-ring (bicyclic) bond motifs is 1. The highest BCUT2D eigenvalue weighted by molar-refractivity contribution is 7.91. The molecule has 0 aliphatic heterocycles. The van der Waals surface area contributed by atoms with Gasteiger partial charge in [0.15, 0.2) is 15.9 Å². The minimum atomic E-state index is -3.62. The maximum Gasteiger partial charge on any atom is 0.424 e. The predicted octanol–water partition coefficient (Wildman–Crippen LogP) is 8.52. The zero-order chi connectivity index (χ0) is 41.6. The highest BCUT2D eigenvalue weighted by Gasteiger charge is 2.34. The number of carboxylic acids is 1. The minimum absolute atomic E-state index is 0.0155. The van der Waals surface area contributed by atoms with Crippen molar-refractivity contribution in [1.82, 2.24) is 0 Å². The third kappa shape index (κ3) is 11.0. The predicted molar refractivity (Wildman–Crippen MR) is 212 cm³/mol. The smallest absolute Gasteiger partial charge is 0.424 e. The van der Waals surface area contributed by atoms with E-state index in [1.807, 2.05) is 13.0 Å². The highest BCUT2D eigenvalue weighted by Crippen LogP contribution is 2.33. The first-order chi connectivity index (χ1) is 26.1. The van der Waals surface area contributed by atoms with Gasteiger partial charge in [-0.3, -0.25) is 5.32 Å². The Hall–Kier alpha value is -6.14. The van der Waals surface area contributed by atoms with Gasteiger partial charge in [0.2, 0.25) is 0 Å². The lowest BCUT2D eigenvalue weighted by Gasteiger charge is -2.29. The molecule has 0 saturated carbocycles. The molecule has 0 aromatic heterocycles. The average molecular weight is 787 g/mol. The Kier molecular flexibility index (Phi) is 13.0. The van der Waals surface area contributed by atoms with Crippen molar-refractivity contribution < 1.29 is 46.9 Å². The molecule has 0 radical (unpaired) electrons. The zero-order valence-corrected chi connectivity index (χ0v) is 33.4. The van der Waals surface area contributed by atoms with Crippen LogP contribution in [0.1, 0.15) is 76.8 Å². The quantitative estimate of drug-likeness (QED) is 0.123. The van der Waals surface area contributed by atoms with Crippen molar-refractivity contribution in [2.24, 2.45) is 0 Å². The molecule has 0 heterocycles. The number of nitrogens with zero attached hydrogens (tertiary/aromatic N) is 2. The van der Waals surface area contributed by atoms with Crippen molar-refractivity contribution in [3.63, 3.8) is 0 Å². The van der Waals surface area contributed by atoms with Crippen LogP contribution in [0, 0.1) is 18.3 Å². The standard InChI is InChI=1S/C41H46N4O10S/c1-9-56(51,52)34-18-16-31(23-29(34)24-42)44-37(48)53-20-19-26-13-14-28(21-25(26)2)35(36(46)47)43-30-15-17-32-27(22-30)11-10-12-33(32)45(38(49)54-40(3,4)5)39(50)55-41(6,7)8/h10-18,21-23,35,43H,9,19-20H2,1-8H3,(H,44,48)(H,46,47). The number of hydrogen-bond donors (Lipinski definition) is 3. The molecule has 15 heteroatoms. The third-order valence-corrected chi connectivity index (χ3v) is 9.96. The highest BCUT2D eigenvalue weighted by atomic mass is 32.2. The number of carbonyl (C=O) groups excluding carboxylic acids is 3. The summed E-state index contributed by atoms with van der Waals surface area (Å²) in [4.78, 5) is 52.4. The zero-order valence-electron chi connectivity index (χ0n) is 32.6. The maximum atomic E-state index is 13.3. The molecule has 0 bridgehead atoms. The van der Waals surface area contributed by atoms with Gasteiger partial charge in [0.1, 0.15) is 17.3 Å². The second-order valence-corrected chi connectivity index (χ2v) is 17.1. The number of nitriles is 1. The topological polar surface area (TPSA) is 201 Å². The van der Waals surface area contributed by atoms with Gasteiger partial charge >= 0.3 is 24.2 Å². The molecule has 4 aromatic rings. The molecule has 0 spiro atoms. The number of aliphatic carboxylic acids is 1. The van der Waals surface area contributed by atoms with Crippen molar-refractivity contribution in [3.05, 3.63) is 95.1 Å². The second-order valence-electron chi connectivity index (χ2n) is 14.8. The van der Waals surface area contributed by atoms with E-state index in [2.05, 4.69) is 10.6 Å². The first-order valence-electron chi connectivity index (χ1n) is 17.7. The molecule has 0 aliphatic rings. The molecule has 1 unspecified atom stereocenters. The second kappa shape index (κ2) is 17.1. The summed E-state index contributed by atoms with van der Waals surface area (Å²) in [6.45, 7) is 13.4. The Morgan fingerprint density at radius 2 is 1.52 bits per heavy atom. The number of anilines is 3. The van der Waals surface area contributed by atoms with Gasteiger partial charge < -0.3 is 24.6 Å². The van der Waals surface area contributed by atoms with Gasteiger partial charge in [-0.05, 0) is 107 Å². The molecular weight excluding hydrogens is 741 g/mol. The number of sulfone groups is 1. The molecule has 0 aliphatic carbocycles. The van der Waals surface area contributed by atoms with E-state index in [-0.39, 0.29) is 34.2 Å². The number of rotatable bonds is 11. The Labute approximate surface area is 326 Å². The molecule has 3 N–H and O–H groups in total. The Balaban J connectivity index is 1.48. The number of ether oxygens (including phenoxy) is 3. The Bertz CT molecular complexity index is 2280. The summed E-state index contributed by atoms with van der Waals surface area (Å²) >= 11 is 0. The lowest BCUT2D eigenvalue weighted by atomic mass is 9.98. The van der Waals surface area contributed by atoms with Crippen molar-refractivity contribution in [3.8, 4) is 6.07 Å². The van der Waals surface area contributed by atoms with Crippen LogP contribution >= 0.6 is 0 Å². The number of carbonyl (C=O) groups is 4. The van der Waals surface area contributed by atoms with Gasteiger partial charge in [-0.15, -0.1) is 0 Å². The van der Waals surface area contributed by atoms with Crippen LogP contribution in [0.3, 0.4) is 0 Å². The molecule has 4 aromatic carbocycles. The average Bonchev–Trinajstić information content (AvgIpc) is 3.09. The van der Waals surface area contributed by atoms with Crippen LogP contribution in [-0.2, 0) is 35.3 Å². The van der Waals surface area contributed by atoms with Crippen LogP contribution in [0.5, 0.6) is 0 Å². The lowest BCUT2D eigenvalue weighted by molar-refractivity contribution is -0.138. The summed E-state index contributed by atoms with van der Waals surface area (Å²) < 4.78 is 40.9. The fourth-order valence-corrected chi connectivity index (χ4v) is 6.63. The van der Waals surface area contributed by atoms with Crippen LogP contribution in [0.4, 0.5) is 31.4 Å². The Morgan fingerprint density at radius 3 is 2.09 bits per heavy atom. The normalized spacial score (nSPS) is 12.2. The maximum absolute atomic E-state index is 13.3. The number of amides is 3. The summed E-state index contributed by atoms with van der Waals surface area (Å²) in [5, 5.41) is 26.3. The molecule has 0 saturated heterocycles. The molecule has 1 atom stereocenters. The summed E-state index contributed by atoms with van der Waals surface area (Å²) in [7, 11) is -3.62. The van der Waals surface area contributed by atoms with E-state index < -0.39 is 51.3 Å². The van der Waals surface area contributed by atoms with Crippen LogP contribution in [-0.4, -0.2) is 61.3 Å². The van der Waals surface area contributed by atoms with Crippen LogP contribution in [0.2, 0.25) is 0 Å². The summed E-state index contributed by atoms with van der Waals surface area (Å²) in [5.74, 6) is -1.30. The fourth-order valence-electron chi connectivity index (χ4n) is 5.60. The lowest BCUT2D eigenvalue weighted by Crippen LogP contribution is -2.43. The molecule has 0 fully saturated rings. The summed E-state index contributed by atoms with van der Waals surface area (Å²) in [6, 6.07) is 19.8. The van der Waals surface area contributed by atoms with Gasteiger partial charge in [-0.25, -0.2) is 27.6 Å². The number of carboxylic acid groups (broad SMARTS) is 1. The first kappa shape index (κ1) is 42.6. The molecular formula is C41H46N4O10S. The van der Waals surface area contributed by atoms with Gasteiger partial charge in [0.05, 0.1) is 28.5 Å². The molecule has 4 rings (SSSR count). The SMILES string of the molecule is CCS(=O)(=O)c1ccc(NC(=O)OCCc2ccc(C(Nc3ccc4c(N(C(=O)OC(C)(C)C)C(=O)OC(C)(C)C)cccc4c3)C(=O)O)cc2C)cc1C#N. The number of aryl methyl sites for hydroxylation is 1.